The van der Waals surface area contributed by atoms with Gasteiger partial charge in [0.25, 0.3) is 0 Å². The molecule has 1 aromatic carbocycles. The zero-order chi connectivity index (χ0) is 17.1. The van der Waals surface area contributed by atoms with Crippen molar-refractivity contribution in [3.63, 3.8) is 0 Å². The van der Waals surface area contributed by atoms with Crippen LogP contribution in [0.4, 0.5) is 0 Å². The van der Waals surface area contributed by atoms with Crippen LogP contribution in [0.1, 0.15) is 30.6 Å². The zero-order valence-electron chi connectivity index (χ0n) is 13.2. The van der Waals surface area contributed by atoms with Crippen LogP contribution in [0.15, 0.2) is 24.3 Å². The number of benzene rings is 1. The number of carbonyl (C=O) groups excluding carboxylic acids is 2. The van der Waals surface area contributed by atoms with Crippen molar-refractivity contribution < 1.29 is 23.8 Å². The van der Waals surface area contributed by atoms with E-state index in [1.165, 1.54) is 11.8 Å². The van der Waals surface area contributed by atoms with E-state index in [2.05, 4.69) is 0 Å². The summed E-state index contributed by atoms with van der Waals surface area (Å²) in [7, 11) is 0. The van der Waals surface area contributed by atoms with Crippen molar-refractivity contribution in [2.45, 2.75) is 25.5 Å². The van der Waals surface area contributed by atoms with Gasteiger partial charge in [-0.25, -0.2) is 0 Å². The zero-order valence-corrected chi connectivity index (χ0v) is 14.8. The lowest BCUT2D eigenvalue weighted by molar-refractivity contribution is -0.142. The molecule has 0 spiro atoms. The van der Waals surface area contributed by atoms with E-state index in [0.29, 0.717) is 35.3 Å². The number of esters is 1. The lowest BCUT2D eigenvalue weighted by atomic mass is 10.2. The Morgan fingerprint density at radius 1 is 1.26 bits per heavy atom. The van der Waals surface area contributed by atoms with E-state index in [4.69, 9.17) is 26.4 Å². The second-order valence-electron chi connectivity index (χ2n) is 4.50. The monoisotopic (exact) mass is 356 g/mol. The van der Waals surface area contributed by atoms with Crippen LogP contribution >= 0.6 is 24.0 Å². The Morgan fingerprint density at radius 2 is 1.96 bits per heavy atom. The summed E-state index contributed by atoms with van der Waals surface area (Å²) in [6.07, 6.45) is 1.36. The van der Waals surface area contributed by atoms with Crippen LogP contribution in [0.2, 0.25) is 0 Å². The Labute approximate surface area is 145 Å². The number of aldehydes is 1. The molecule has 0 saturated heterocycles. The molecule has 0 heterocycles. The summed E-state index contributed by atoms with van der Waals surface area (Å²) in [6.45, 7) is 4.74. The molecule has 5 nitrogen and oxygen atoms in total. The number of thiocarbonyl (C=S) groups is 1. The molecular weight excluding hydrogens is 336 g/mol. The Bertz CT molecular complexity index is 516. The van der Waals surface area contributed by atoms with Gasteiger partial charge in [0.1, 0.15) is 17.3 Å². The van der Waals surface area contributed by atoms with Gasteiger partial charge < -0.3 is 14.2 Å². The van der Waals surface area contributed by atoms with Crippen LogP contribution in [-0.2, 0) is 14.3 Å². The standard InChI is InChI=1S/C16H20O5S2/c1-3-19-16(22)23-12(2)15(18)21-10-4-9-20-14-7-5-13(11-17)6-8-14/h5-8,11-12H,3-4,9-10H2,1-2H3. The Hall–Kier alpha value is -1.60. The molecule has 1 unspecified atom stereocenters. The van der Waals surface area contributed by atoms with E-state index in [-0.39, 0.29) is 12.6 Å². The van der Waals surface area contributed by atoms with Crippen molar-refractivity contribution in [1.29, 1.82) is 0 Å². The molecule has 0 saturated carbocycles. The molecular formula is C16H20O5S2. The van der Waals surface area contributed by atoms with Gasteiger partial charge in [-0.15, -0.1) is 0 Å². The molecule has 0 aliphatic carbocycles. The summed E-state index contributed by atoms with van der Waals surface area (Å²) in [6, 6.07) is 6.82. The average Bonchev–Trinajstić information content (AvgIpc) is 2.55. The fourth-order valence-corrected chi connectivity index (χ4v) is 2.72. The molecule has 0 aliphatic rings. The number of rotatable bonds is 9. The Morgan fingerprint density at radius 3 is 2.57 bits per heavy atom. The molecule has 0 aromatic heterocycles. The molecule has 1 aromatic rings. The first-order chi connectivity index (χ1) is 11.1. The molecule has 7 heteroatoms. The quantitative estimate of drug-likeness (QED) is 0.291. The lowest BCUT2D eigenvalue weighted by Gasteiger charge is -2.12. The first-order valence-electron chi connectivity index (χ1n) is 7.25. The van der Waals surface area contributed by atoms with Crippen molar-refractivity contribution in [3.05, 3.63) is 29.8 Å². The third-order valence-corrected chi connectivity index (χ3v) is 3.95. The summed E-state index contributed by atoms with van der Waals surface area (Å²) in [5.74, 6) is 0.348. The first kappa shape index (κ1) is 19.4. The largest absolute Gasteiger partial charge is 0.493 e. The average molecular weight is 356 g/mol. The Kier molecular flexibility index (Phi) is 9.31. The second kappa shape index (κ2) is 11.0. The van der Waals surface area contributed by atoms with E-state index >= 15 is 0 Å². The fraction of sp³-hybridized carbons (Fsp3) is 0.438. The summed E-state index contributed by atoms with van der Waals surface area (Å²) >= 11 is 6.14. The summed E-state index contributed by atoms with van der Waals surface area (Å²) < 4.78 is 16.1. The van der Waals surface area contributed by atoms with Crippen molar-refractivity contribution >= 4 is 40.6 Å². The predicted molar refractivity (Wildman–Crippen MR) is 94.2 cm³/mol. The van der Waals surface area contributed by atoms with Gasteiger partial charge >= 0.3 is 5.97 Å². The molecule has 1 atom stereocenters. The summed E-state index contributed by atoms with van der Waals surface area (Å²) in [5.41, 5.74) is 0.600. The number of hydrogen-bond acceptors (Lipinski definition) is 7. The van der Waals surface area contributed by atoms with Gasteiger partial charge in [0.05, 0.1) is 19.8 Å². The molecule has 23 heavy (non-hydrogen) atoms. The lowest BCUT2D eigenvalue weighted by Crippen LogP contribution is -2.20. The second-order valence-corrected chi connectivity index (χ2v) is 6.44. The van der Waals surface area contributed by atoms with Crippen LogP contribution < -0.4 is 4.74 Å². The molecule has 0 radical (unpaired) electrons. The smallest absolute Gasteiger partial charge is 0.319 e. The van der Waals surface area contributed by atoms with Crippen LogP contribution in [0, 0.1) is 0 Å². The summed E-state index contributed by atoms with van der Waals surface area (Å²) in [5, 5.41) is -0.397. The minimum Gasteiger partial charge on any atom is -0.493 e. The molecule has 0 N–H and O–H groups in total. The van der Waals surface area contributed by atoms with Gasteiger partial charge in [0, 0.05) is 12.0 Å². The topological polar surface area (TPSA) is 61.8 Å². The maximum atomic E-state index is 11.8. The van der Waals surface area contributed by atoms with E-state index < -0.39 is 5.25 Å². The summed E-state index contributed by atoms with van der Waals surface area (Å²) in [4.78, 5) is 22.3. The van der Waals surface area contributed by atoms with Crippen LogP contribution in [-0.4, -0.2) is 41.7 Å². The van der Waals surface area contributed by atoms with Gasteiger partial charge in [-0.05, 0) is 50.3 Å². The minimum atomic E-state index is -0.397. The van der Waals surface area contributed by atoms with E-state index in [9.17, 15) is 9.59 Å². The fourth-order valence-electron chi connectivity index (χ4n) is 1.53. The normalized spacial score (nSPS) is 11.4. The molecule has 126 valence electrons. The van der Waals surface area contributed by atoms with Crippen molar-refractivity contribution in [3.8, 4) is 5.75 Å². The highest BCUT2D eigenvalue weighted by molar-refractivity contribution is 8.23. The highest BCUT2D eigenvalue weighted by atomic mass is 32.2. The molecule has 0 bridgehead atoms. The van der Waals surface area contributed by atoms with Crippen molar-refractivity contribution in [1.82, 2.24) is 0 Å². The van der Waals surface area contributed by atoms with Crippen LogP contribution in [0.3, 0.4) is 0 Å². The van der Waals surface area contributed by atoms with E-state index in [1.54, 1.807) is 31.2 Å². The molecule has 0 aliphatic heterocycles. The number of carbonyl (C=O) groups is 2. The third-order valence-electron chi connectivity index (χ3n) is 2.69. The van der Waals surface area contributed by atoms with Crippen LogP contribution in [0.5, 0.6) is 5.75 Å². The third kappa shape index (κ3) is 7.99. The number of ether oxygens (including phenoxy) is 3. The minimum absolute atomic E-state index is 0.275. The van der Waals surface area contributed by atoms with Gasteiger partial charge in [0.15, 0.2) is 0 Å². The molecule has 1 rings (SSSR count). The first-order valence-corrected chi connectivity index (χ1v) is 8.53. The molecule has 0 fully saturated rings. The maximum Gasteiger partial charge on any atom is 0.319 e. The highest BCUT2D eigenvalue weighted by Crippen LogP contribution is 2.16. The van der Waals surface area contributed by atoms with Gasteiger partial charge in [0.2, 0.25) is 4.38 Å². The van der Waals surface area contributed by atoms with Crippen molar-refractivity contribution in [2.75, 3.05) is 19.8 Å². The SMILES string of the molecule is CCOC(=S)SC(C)C(=O)OCCCOc1ccc(C=O)cc1. The van der Waals surface area contributed by atoms with E-state index in [0.717, 1.165) is 6.29 Å². The van der Waals surface area contributed by atoms with Crippen molar-refractivity contribution in [2.24, 2.45) is 0 Å². The highest BCUT2D eigenvalue weighted by Gasteiger charge is 2.17. The maximum absolute atomic E-state index is 11.8. The van der Waals surface area contributed by atoms with E-state index in [1.807, 2.05) is 6.92 Å². The molecule has 0 amide bonds. The van der Waals surface area contributed by atoms with Crippen LogP contribution in [0.25, 0.3) is 0 Å². The van der Waals surface area contributed by atoms with Gasteiger partial charge in [-0.2, -0.15) is 0 Å². The number of hydrogen-bond donors (Lipinski definition) is 0. The van der Waals surface area contributed by atoms with Gasteiger partial charge in [-0.3, -0.25) is 9.59 Å². The number of thioether (sulfide) groups is 1. The Balaban J connectivity index is 2.17. The predicted octanol–water partition coefficient (Wildman–Crippen LogP) is 3.25. The van der Waals surface area contributed by atoms with Gasteiger partial charge in [-0.1, -0.05) is 11.8 Å².